The lowest BCUT2D eigenvalue weighted by Gasteiger charge is -2.26. The summed E-state index contributed by atoms with van der Waals surface area (Å²) in [5, 5.41) is 10.6. The number of aliphatic hydroxyl groups is 1. The van der Waals surface area contributed by atoms with Gasteiger partial charge in [-0.3, -0.25) is 19.5 Å². The number of hydrogen-bond acceptors (Lipinski definition) is 6. The zero-order valence-corrected chi connectivity index (χ0v) is 15.6. The predicted octanol–water partition coefficient (Wildman–Crippen LogP) is 3.86. The van der Waals surface area contributed by atoms with Gasteiger partial charge in [0.05, 0.1) is 24.5 Å². The van der Waals surface area contributed by atoms with Crippen LogP contribution in [0.4, 0.5) is 5.69 Å². The minimum Gasteiger partial charge on any atom is -0.503 e. The number of ether oxygens (including phenoxy) is 1. The van der Waals surface area contributed by atoms with E-state index in [1.54, 1.807) is 54.9 Å². The van der Waals surface area contributed by atoms with Crippen LogP contribution in [0.3, 0.4) is 0 Å². The zero-order chi connectivity index (χ0) is 20.4. The van der Waals surface area contributed by atoms with Crippen LogP contribution in [0, 0.1) is 0 Å². The number of furan rings is 1. The number of Topliss-reactive ketones (excluding diaryl/α,β-unsaturated/α-hetero) is 1. The third-order valence-corrected chi connectivity index (χ3v) is 4.62. The van der Waals surface area contributed by atoms with Crippen molar-refractivity contribution >= 4 is 17.4 Å². The number of nitrogens with zero attached hydrogens (tertiary/aromatic N) is 2. The van der Waals surface area contributed by atoms with Crippen molar-refractivity contribution < 1.29 is 23.8 Å². The van der Waals surface area contributed by atoms with Gasteiger partial charge in [-0.05, 0) is 55.0 Å². The smallest absolute Gasteiger partial charge is 0.294 e. The van der Waals surface area contributed by atoms with E-state index in [9.17, 15) is 14.7 Å². The summed E-state index contributed by atoms with van der Waals surface area (Å²) in [6, 6.07) is 12.6. The Hall–Kier alpha value is -3.87. The van der Waals surface area contributed by atoms with E-state index in [4.69, 9.17) is 9.15 Å². The molecule has 0 fully saturated rings. The number of benzene rings is 1. The average Bonchev–Trinajstić information content (AvgIpc) is 3.37. The summed E-state index contributed by atoms with van der Waals surface area (Å²) in [5.74, 6) is -1.12. The number of pyridine rings is 1. The molecular weight excluding hydrogens is 372 g/mol. The second kappa shape index (κ2) is 7.63. The van der Waals surface area contributed by atoms with Gasteiger partial charge >= 0.3 is 0 Å². The number of aliphatic hydroxyl groups excluding tert-OH is 1. The second-order valence-electron chi connectivity index (χ2n) is 6.36. The minimum absolute atomic E-state index is 0.0433. The van der Waals surface area contributed by atoms with Crippen LogP contribution in [-0.4, -0.2) is 28.4 Å². The first-order valence-corrected chi connectivity index (χ1v) is 9.09. The Labute approximate surface area is 166 Å². The number of rotatable bonds is 6. The summed E-state index contributed by atoms with van der Waals surface area (Å²) in [7, 11) is 0. The molecule has 0 spiro atoms. The molecule has 0 saturated carbocycles. The van der Waals surface area contributed by atoms with Crippen molar-refractivity contribution in [2.24, 2.45) is 0 Å². The molecule has 1 unspecified atom stereocenters. The number of ketones is 1. The third-order valence-electron chi connectivity index (χ3n) is 4.62. The molecule has 0 bridgehead atoms. The van der Waals surface area contributed by atoms with Gasteiger partial charge in [0, 0.05) is 18.1 Å². The number of anilines is 1. The number of carbonyl (C=O) groups is 2. The molecule has 1 N–H and O–H groups in total. The Morgan fingerprint density at radius 2 is 2.00 bits per heavy atom. The van der Waals surface area contributed by atoms with Crippen molar-refractivity contribution in [3.63, 3.8) is 0 Å². The highest BCUT2D eigenvalue weighted by Gasteiger charge is 2.45. The fraction of sp³-hybridized carbons (Fsp3) is 0.136. The normalized spacial score (nSPS) is 16.4. The topological polar surface area (TPSA) is 92.9 Å². The van der Waals surface area contributed by atoms with E-state index < -0.39 is 23.5 Å². The molecule has 146 valence electrons. The molecule has 1 aliphatic rings. The Morgan fingerprint density at radius 3 is 2.62 bits per heavy atom. The van der Waals surface area contributed by atoms with E-state index in [0.717, 1.165) is 0 Å². The third kappa shape index (κ3) is 3.27. The van der Waals surface area contributed by atoms with Crippen molar-refractivity contribution in [2.75, 3.05) is 11.5 Å². The van der Waals surface area contributed by atoms with Gasteiger partial charge in [0.1, 0.15) is 5.75 Å². The van der Waals surface area contributed by atoms with E-state index in [-0.39, 0.29) is 11.3 Å². The highest BCUT2D eigenvalue weighted by atomic mass is 16.5. The maximum atomic E-state index is 13.0. The molecule has 1 atom stereocenters. The Kier molecular flexibility index (Phi) is 4.87. The molecule has 7 heteroatoms. The van der Waals surface area contributed by atoms with Crippen LogP contribution in [0.5, 0.6) is 5.75 Å². The number of amides is 1. The highest BCUT2D eigenvalue weighted by Crippen LogP contribution is 2.42. The van der Waals surface area contributed by atoms with Crippen LogP contribution in [0.2, 0.25) is 0 Å². The first kappa shape index (κ1) is 18.5. The molecule has 1 amide bonds. The lowest BCUT2D eigenvalue weighted by Crippen LogP contribution is -2.31. The van der Waals surface area contributed by atoms with Crippen molar-refractivity contribution in [2.45, 2.75) is 13.0 Å². The fourth-order valence-corrected chi connectivity index (χ4v) is 3.37. The maximum Gasteiger partial charge on any atom is 0.294 e. The largest absolute Gasteiger partial charge is 0.503 e. The van der Waals surface area contributed by atoms with Gasteiger partial charge < -0.3 is 14.3 Å². The van der Waals surface area contributed by atoms with Crippen LogP contribution < -0.4 is 9.64 Å². The summed E-state index contributed by atoms with van der Waals surface area (Å²) in [5.41, 5.74) is 1.06. The first-order valence-electron chi connectivity index (χ1n) is 9.09. The van der Waals surface area contributed by atoms with Crippen LogP contribution in [0.15, 0.2) is 82.9 Å². The summed E-state index contributed by atoms with van der Waals surface area (Å²) in [6.07, 6.45) is 4.53. The average molecular weight is 390 g/mol. The van der Waals surface area contributed by atoms with Gasteiger partial charge in [0.15, 0.2) is 11.5 Å². The SMILES string of the molecule is CCOc1ccc(N2C(=O)C(O)=C(C(=O)c3ccco3)C2c2cccnc2)cc1. The number of hydrogen-bond donors (Lipinski definition) is 1. The van der Waals surface area contributed by atoms with Crippen LogP contribution in [0.1, 0.15) is 29.1 Å². The van der Waals surface area contributed by atoms with Gasteiger partial charge in [-0.1, -0.05) is 6.07 Å². The highest BCUT2D eigenvalue weighted by molar-refractivity contribution is 6.20. The van der Waals surface area contributed by atoms with Gasteiger partial charge in [0.2, 0.25) is 5.78 Å². The zero-order valence-electron chi connectivity index (χ0n) is 15.6. The monoisotopic (exact) mass is 390 g/mol. The Morgan fingerprint density at radius 1 is 1.21 bits per heavy atom. The standard InChI is InChI=1S/C22H18N2O5/c1-2-28-16-9-7-15(8-10-16)24-19(14-5-3-11-23-13-14)18(21(26)22(24)27)20(25)17-6-4-12-29-17/h3-13,19,26H,2H2,1H3. The molecule has 3 heterocycles. The van der Waals surface area contributed by atoms with E-state index in [1.807, 2.05) is 6.92 Å². The molecule has 29 heavy (non-hydrogen) atoms. The Bertz CT molecular complexity index is 1060. The molecule has 1 aliphatic heterocycles. The predicted molar refractivity (Wildman–Crippen MR) is 105 cm³/mol. The van der Waals surface area contributed by atoms with Crippen LogP contribution in [-0.2, 0) is 4.79 Å². The molecule has 0 aliphatic carbocycles. The fourth-order valence-electron chi connectivity index (χ4n) is 3.37. The van der Waals surface area contributed by atoms with Gasteiger partial charge in [0.25, 0.3) is 5.91 Å². The summed E-state index contributed by atoms with van der Waals surface area (Å²) >= 11 is 0. The number of aromatic nitrogens is 1. The lowest BCUT2D eigenvalue weighted by atomic mass is 9.96. The van der Waals surface area contributed by atoms with Crippen molar-refractivity contribution in [3.8, 4) is 5.75 Å². The van der Waals surface area contributed by atoms with Crippen molar-refractivity contribution in [1.82, 2.24) is 4.98 Å². The van der Waals surface area contributed by atoms with Gasteiger partial charge in [-0.2, -0.15) is 0 Å². The van der Waals surface area contributed by atoms with Gasteiger partial charge in [-0.25, -0.2) is 0 Å². The van der Waals surface area contributed by atoms with E-state index >= 15 is 0 Å². The molecular formula is C22H18N2O5. The quantitative estimate of drug-likeness (QED) is 0.643. The molecule has 4 rings (SSSR count). The molecule has 2 aromatic heterocycles. The molecule has 1 aromatic carbocycles. The lowest BCUT2D eigenvalue weighted by molar-refractivity contribution is -0.117. The van der Waals surface area contributed by atoms with Crippen LogP contribution >= 0.6 is 0 Å². The van der Waals surface area contributed by atoms with Crippen molar-refractivity contribution in [1.29, 1.82) is 0 Å². The second-order valence-corrected chi connectivity index (χ2v) is 6.36. The maximum absolute atomic E-state index is 13.0. The van der Waals surface area contributed by atoms with E-state index in [1.165, 1.54) is 17.2 Å². The molecule has 7 nitrogen and oxygen atoms in total. The molecule has 0 saturated heterocycles. The molecule has 3 aromatic rings. The minimum atomic E-state index is -0.841. The van der Waals surface area contributed by atoms with Crippen LogP contribution in [0.25, 0.3) is 0 Å². The summed E-state index contributed by atoms with van der Waals surface area (Å²) in [6.45, 7) is 2.40. The summed E-state index contributed by atoms with van der Waals surface area (Å²) < 4.78 is 10.7. The van der Waals surface area contributed by atoms with Crippen molar-refractivity contribution in [3.05, 3.63) is 89.8 Å². The molecule has 0 radical (unpaired) electrons. The Balaban J connectivity index is 1.81. The first-order chi connectivity index (χ1) is 14.1. The van der Waals surface area contributed by atoms with E-state index in [2.05, 4.69) is 4.98 Å². The van der Waals surface area contributed by atoms with E-state index in [0.29, 0.717) is 23.6 Å². The number of carbonyl (C=O) groups excluding carboxylic acids is 2. The van der Waals surface area contributed by atoms with Gasteiger partial charge in [-0.15, -0.1) is 0 Å². The summed E-state index contributed by atoms with van der Waals surface area (Å²) in [4.78, 5) is 31.5.